The zero-order valence-corrected chi connectivity index (χ0v) is 8.38. The van der Waals surface area contributed by atoms with Crippen LogP contribution in [-0.4, -0.2) is 17.0 Å². The molecule has 0 unspecified atom stereocenters. The second-order valence-corrected chi connectivity index (χ2v) is 3.13. The number of hydrogen-bond donors (Lipinski definition) is 1. The van der Waals surface area contributed by atoms with Crippen molar-refractivity contribution in [2.24, 2.45) is 0 Å². The maximum Gasteiger partial charge on any atom is 0.223 e. The van der Waals surface area contributed by atoms with E-state index in [1.165, 1.54) is 12.3 Å². The number of aldehydes is 1. The summed E-state index contributed by atoms with van der Waals surface area (Å²) >= 11 is 4.04. The molecule has 2 nitrogen and oxygen atoms in total. The number of thiol groups is 1. The number of hydrogen-bond acceptors (Lipinski definition) is 3. The molecule has 0 radical (unpaired) electrons. The fourth-order valence-electron chi connectivity index (χ4n) is 0.950. The fraction of sp³-hybridized carbons (Fsp3) is 0.200. The van der Waals surface area contributed by atoms with Crippen molar-refractivity contribution in [1.29, 1.82) is 0 Å². The molecule has 0 aliphatic rings. The van der Waals surface area contributed by atoms with Gasteiger partial charge in [0.2, 0.25) is 5.95 Å². The Morgan fingerprint density at radius 1 is 1.57 bits per heavy atom. The number of carbonyl (C=O) groups excluding carboxylic acids is 1. The number of aromatic nitrogens is 1. The third-order valence-corrected chi connectivity index (χ3v) is 1.88. The number of halogens is 1. The molecular formula is C10H10FNOS. The Balaban J connectivity index is 2.84. The van der Waals surface area contributed by atoms with Crippen LogP contribution in [0.2, 0.25) is 0 Å². The normalized spacial score (nSPS) is 10.7. The van der Waals surface area contributed by atoms with E-state index in [0.717, 1.165) is 17.7 Å². The number of rotatable bonds is 4. The first kappa shape index (κ1) is 10.9. The molecule has 0 amide bonds. The maximum atomic E-state index is 12.8. The Hall–Kier alpha value is -1.16. The molecule has 1 aromatic rings. The van der Waals surface area contributed by atoms with Crippen molar-refractivity contribution >= 4 is 25.0 Å². The Bertz CT molecular complexity index is 352. The molecule has 14 heavy (non-hydrogen) atoms. The molecule has 1 aromatic heterocycles. The third kappa shape index (κ3) is 2.96. The van der Waals surface area contributed by atoms with Gasteiger partial charge in [0.1, 0.15) is 0 Å². The Kier molecular flexibility index (Phi) is 4.32. The predicted octanol–water partition coefficient (Wildman–Crippen LogP) is 2.37. The topological polar surface area (TPSA) is 30.0 Å². The lowest BCUT2D eigenvalue weighted by molar-refractivity contribution is 0.111. The van der Waals surface area contributed by atoms with Gasteiger partial charge in [0.05, 0.1) is 5.56 Å². The van der Waals surface area contributed by atoms with Crippen LogP contribution in [0.3, 0.4) is 0 Å². The van der Waals surface area contributed by atoms with Crippen LogP contribution < -0.4 is 0 Å². The summed E-state index contributed by atoms with van der Waals surface area (Å²) in [5.41, 5.74) is 0.702. The minimum absolute atomic E-state index is 0.0157. The molecule has 0 spiro atoms. The lowest BCUT2D eigenvalue weighted by atomic mass is 10.2. The van der Waals surface area contributed by atoms with E-state index in [9.17, 15) is 9.18 Å². The van der Waals surface area contributed by atoms with Gasteiger partial charge in [0.15, 0.2) is 6.29 Å². The first-order valence-electron chi connectivity index (χ1n) is 4.16. The maximum absolute atomic E-state index is 12.8. The molecule has 4 heteroatoms. The Labute approximate surface area is 87.3 Å². The number of allylic oxidation sites excluding steroid dienone is 1. The van der Waals surface area contributed by atoms with Gasteiger partial charge in [-0.1, -0.05) is 12.2 Å². The lowest BCUT2D eigenvalue weighted by Gasteiger charge is -1.95. The van der Waals surface area contributed by atoms with Gasteiger partial charge in [-0.3, -0.25) is 4.79 Å². The van der Waals surface area contributed by atoms with E-state index in [1.807, 2.05) is 6.08 Å². The zero-order valence-electron chi connectivity index (χ0n) is 7.48. The highest BCUT2D eigenvalue weighted by Crippen LogP contribution is 2.07. The van der Waals surface area contributed by atoms with Gasteiger partial charge in [-0.05, 0) is 23.8 Å². The highest BCUT2D eigenvalue weighted by Gasteiger charge is 2.01. The zero-order chi connectivity index (χ0) is 10.4. The summed E-state index contributed by atoms with van der Waals surface area (Å²) in [6.07, 6.45) is 6.36. The summed E-state index contributed by atoms with van der Waals surface area (Å²) in [5.74, 6) is 0.0254. The van der Waals surface area contributed by atoms with E-state index in [4.69, 9.17) is 0 Å². The third-order valence-electron chi connectivity index (χ3n) is 1.62. The Morgan fingerprint density at radius 3 is 3.00 bits per heavy atom. The molecule has 1 rings (SSSR count). The van der Waals surface area contributed by atoms with Crippen LogP contribution in [0.25, 0.3) is 6.08 Å². The highest BCUT2D eigenvalue weighted by molar-refractivity contribution is 7.80. The largest absolute Gasteiger partial charge is 0.298 e. The molecule has 0 atom stereocenters. The van der Waals surface area contributed by atoms with Gasteiger partial charge in [-0.2, -0.15) is 17.0 Å². The van der Waals surface area contributed by atoms with Crippen LogP contribution in [0, 0.1) is 5.95 Å². The van der Waals surface area contributed by atoms with Crippen molar-refractivity contribution < 1.29 is 9.18 Å². The molecule has 0 saturated heterocycles. The van der Waals surface area contributed by atoms with Crippen molar-refractivity contribution in [3.8, 4) is 0 Å². The minimum Gasteiger partial charge on any atom is -0.298 e. The molecule has 74 valence electrons. The Morgan fingerprint density at radius 2 is 2.36 bits per heavy atom. The van der Waals surface area contributed by atoms with Gasteiger partial charge in [-0.15, -0.1) is 0 Å². The summed E-state index contributed by atoms with van der Waals surface area (Å²) < 4.78 is 12.8. The predicted molar refractivity (Wildman–Crippen MR) is 57.1 cm³/mol. The molecule has 0 fully saturated rings. The molecule has 0 aromatic carbocycles. The van der Waals surface area contributed by atoms with Crippen LogP contribution in [0.4, 0.5) is 4.39 Å². The molecule has 0 N–H and O–H groups in total. The van der Waals surface area contributed by atoms with Gasteiger partial charge >= 0.3 is 0 Å². The van der Waals surface area contributed by atoms with Gasteiger partial charge in [-0.25, -0.2) is 4.98 Å². The van der Waals surface area contributed by atoms with E-state index in [1.54, 1.807) is 6.08 Å². The minimum atomic E-state index is -0.730. The number of carbonyl (C=O) groups is 1. The van der Waals surface area contributed by atoms with Crippen LogP contribution in [0.15, 0.2) is 18.3 Å². The van der Waals surface area contributed by atoms with E-state index >= 15 is 0 Å². The second-order valence-electron chi connectivity index (χ2n) is 2.68. The van der Waals surface area contributed by atoms with Crippen molar-refractivity contribution in [3.05, 3.63) is 35.4 Å². The fourth-order valence-corrected chi connectivity index (χ4v) is 1.10. The van der Waals surface area contributed by atoms with Crippen molar-refractivity contribution in [1.82, 2.24) is 4.98 Å². The molecular weight excluding hydrogens is 201 g/mol. The van der Waals surface area contributed by atoms with E-state index in [2.05, 4.69) is 17.6 Å². The van der Waals surface area contributed by atoms with Crippen molar-refractivity contribution in [3.63, 3.8) is 0 Å². The van der Waals surface area contributed by atoms with Crippen LogP contribution in [-0.2, 0) is 0 Å². The monoisotopic (exact) mass is 211 g/mol. The second kappa shape index (κ2) is 5.54. The summed E-state index contributed by atoms with van der Waals surface area (Å²) in [6, 6.07) is 1.46. The molecule has 0 saturated carbocycles. The molecule has 0 bridgehead atoms. The quantitative estimate of drug-likeness (QED) is 0.470. The molecule has 0 aliphatic carbocycles. The van der Waals surface area contributed by atoms with E-state index in [-0.39, 0.29) is 5.56 Å². The van der Waals surface area contributed by atoms with Gasteiger partial charge in [0, 0.05) is 6.20 Å². The summed E-state index contributed by atoms with van der Waals surface area (Å²) in [7, 11) is 0. The van der Waals surface area contributed by atoms with E-state index < -0.39 is 5.95 Å². The smallest absolute Gasteiger partial charge is 0.223 e. The SMILES string of the molecule is O=Cc1cc(C=CCCS)cnc1F. The first-order chi connectivity index (χ1) is 6.77. The average Bonchev–Trinajstić information content (AvgIpc) is 2.21. The van der Waals surface area contributed by atoms with Gasteiger partial charge in [0.25, 0.3) is 0 Å². The summed E-state index contributed by atoms with van der Waals surface area (Å²) in [4.78, 5) is 13.9. The number of nitrogens with zero attached hydrogens (tertiary/aromatic N) is 1. The van der Waals surface area contributed by atoms with Gasteiger partial charge < -0.3 is 0 Å². The average molecular weight is 211 g/mol. The van der Waals surface area contributed by atoms with Crippen LogP contribution in [0.1, 0.15) is 22.3 Å². The summed E-state index contributed by atoms with van der Waals surface area (Å²) in [5, 5.41) is 0. The van der Waals surface area contributed by atoms with Crippen molar-refractivity contribution in [2.75, 3.05) is 5.75 Å². The first-order valence-corrected chi connectivity index (χ1v) is 4.79. The summed E-state index contributed by atoms with van der Waals surface area (Å²) in [6.45, 7) is 0. The van der Waals surface area contributed by atoms with Crippen LogP contribution >= 0.6 is 12.6 Å². The van der Waals surface area contributed by atoms with Crippen LogP contribution in [0.5, 0.6) is 0 Å². The standard InChI is InChI=1S/C10H10FNOS/c11-10-9(7-13)5-8(6-12-10)3-1-2-4-14/h1,3,5-7,14H,2,4H2. The number of pyridine rings is 1. The van der Waals surface area contributed by atoms with E-state index in [0.29, 0.717) is 6.29 Å². The molecule has 0 aliphatic heterocycles. The van der Waals surface area contributed by atoms with Crippen molar-refractivity contribution in [2.45, 2.75) is 6.42 Å². The highest BCUT2D eigenvalue weighted by atomic mass is 32.1. The lowest BCUT2D eigenvalue weighted by Crippen LogP contribution is -1.92. The molecule has 1 heterocycles.